The molecule has 1 aliphatic heterocycles. The summed E-state index contributed by atoms with van der Waals surface area (Å²) in [6.45, 7) is 2.35. The van der Waals surface area contributed by atoms with E-state index in [4.69, 9.17) is 21.1 Å². The summed E-state index contributed by atoms with van der Waals surface area (Å²) in [7, 11) is -2.25. The molecule has 0 fully saturated rings. The Morgan fingerprint density at radius 1 is 1.16 bits per heavy atom. The summed E-state index contributed by atoms with van der Waals surface area (Å²) < 4.78 is 37.5. The Labute approximate surface area is 189 Å². The van der Waals surface area contributed by atoms with Crippen LogP contribution in [0.15, 0.2) is 57.6 Å². The second-order valence-electron chi connectivity index (χ2n) is 6.94. The summed E-state index contributed by atoms with van der Waals surface area (Å²) in [6, 6.07) is 11.5. The highest BCUT2D eigenvalue weighted by atomic mass is 35.5. The van der Waals surface area contributed by atoms with Crippen molar-refractivity contribution in [2.75, 3.05) is 19.0 Å². The topological polar surface area (TPSA) is 81.7 Å². The van der Waals surface area contributed by atoms with Gasteiger partial charge in [-0.3, -0.25) is 4.79 Å². The van der Waals surface area contributed by atoms with E-state index in [0.717, 1.165) is 10.4 Å². The van der Waals surface area contributed by atoms with Crippen LogP contribution in [0.25, 0.3) is 0 Å². The first-order chi connectivity index (χ1) is 14.8. The van der Waals surface area contributed by atoms with Crippen molar-refractivity contribution in [3.05, 3.63) is 63.3 Å². The molecule has 1 aromatic heterocycles. The van der Waals surface area contributed by atoms with E-state index in [1.807, 2.05) is 19.1 Å². The number of methoxy groups -OCH3 is 1. The largest absolute Gasteiger partial charge is 0.493 e. The van der Waals surface area contributed by atoms with Crippen LogP contribution < -0.4 is 14.8 Å². The summed E-state index contributed by atoms with van der Waals surface area (Å²) in [5, 5.41) is 4.80. The van der Waals surface area contributed by atoms with Crippen molar-refractivity contribution < 1.29 is 22.7 Å². The predicted molar refractivity (Wildman–Crippen MR) is 120 cm³/mol. The lowest BCUT2D eigenvalue weighted by atomic mass is 9.90. The van der Waals surface area contributed by atoms with Crippen LogP contribution in [-0.4, -0.2) is 28.0 Å². The van der Waals surface area contributed by atoms with Gasteiger partial charge in [-0.05, 0) is 48.9 Å². The second-order valence-corrected chi connectivity index (χ2v) is 10.2. The standard InChI is InChI=1S/C22H20ClNO5S2/c1-3-29-18-10-13(4-9-17(18)28-2)16-11-20(25)24-21-19(12-30-22(16)21)31(26,27)15-7-5-14(23)6-8-15/h4-10,12,16H,3,11H2,1-2H3,(H,24,25)/t16-/m0/s1. The maximum absolute atomic E-state index is 13.2. The SMILES string of the molecule is CCOc1cc([C@@H]2CC(=O)Nc3c(S(=O)(=O)c4ccc(Cl)cc4)csc32)ccc1OC. The number of amides is 1. The minimum Gasteiger partial charge on any atom is -0.493 e. The Balaban J connectivity index is 1.79. The first-order valence-electron chi connectivity index (χ1n) is 9.57. The molecule has 0 unspecified atom stereocenters. The molecule has 2 heterocycles. The molecule has 1 N–H and O–H groups in total. The van der Waals surface area contributed by atoms with Crippen LogP contribution in [0.4, 0.5) is 5.69 Å². The number of hydrogen-bond donors (Lipinski definition) is 1. The Hall–Kier alpha value is -2.55. The van der Waals surface area contributed by atoms with Crippen LogP contribution >= 0.6 is 22.9 Å². The quantitative estimate of drug-likeness (QED) is 0.533. The number of sulfone groups is 1. The van der Waals surface area contributed by atoms with Crippen LogP contribution in [0.5, 0.6) is 11.5 Å². The van der Waals surface area contributed by atoms with E-state index in [2.05, 4.69) is 5.32 Å². The fraction of sp³-hybridized carbons (Fsp3) is 0.227. The van der Waals surface area contributed by atoms with Crippen molar-refractivity contribution in [2.45, 2.75) is 29.1 Å². The minimum absolute atomic E-state index is 0.0893. The molecule has 2 aromatic carbocycles. The van der Waals surface area contributed by atoms with E-state index in [9.17, 15) is 13.2 Å². The zero-order valence-electron chi connectivity index (χ0n) is 16.8. The average molecular weight is 478 g/mol. The molecule has 0 bridgehead atoms. The number of fused-ring (bicyclic) bond motifs is 1. The lowest BCUT2D eigenvalue weighted by molar-refractivity contribution is -0.116. The monoisotopic (exact) mass is 477 g/mol. The van der Waals surface area contributed by atoms with Crippen LogP contribution in [0.2, 0.25) is 5.02 Å². The lowest BCUT2D eigenvalue weighted by Crippen LogP contribution is -2.23. The van der Waals surface area contributed by atoms with Crippen LogP contribution in [0.1, 0.15) is 29.7 Å². The van der Waals surface area contributed by atoms with Crippen molar-refractivity contribution in [3.8, 4) is 11.5 Å². The van der Waals surface area contributed by atoms with Crippen molar-refractivity contribution in [1.29, 1.82) is 0 Å². The predicted octanol–water partition coefficient (Wildman–Crippen LogP) is 5.12. The Bertz CT molecular complexity index is 1240. The molecule has 1 aliphatic rings. The van der Waals surface area contributed by atoms with Crippen molar-refractivity contribution in [1.82, 2.24) is 0 Å². The molecule has 0 radical (unpaired) electrons. The molecule has 0 aliphatic carbocycles. The average Bonchev–Trinajstić information content (AvgIpc) is 3.18. The molecule has 31 heavy (non-hydrogen) atoms. The fourth-order valence-corrected chi connectivity index (χ4v) is 6.62. The highest BCUT2D eigenvalue weighted by molar-refractivity contribution is 7.91. The minimum atomic E-state index is -3.82. The van der Waals surface area contributed by atoms with Gasteiger partial charge in [-0.15, -0.1) is 11.3 Å². The molecule has 9 heteroatoms. The third-order valence-corrected chi connectivity index (χ3v) is 8.35. The van der Waals surface area contributed by atoms with Gasteiger partial charge in [0, 0.05) is 27.6 Å². The number of anilines is 1. The molecule has 0 saturated heterocycles. The van der Waals surface area contributed by atoms with Gasteiger partial charge in [0.25, 0.3) is 0 Å². The van der Waals surface area contributed by atoms with Gasteiger partial charge in [0.15, 0.2) is 11.5 Å². The maximum atomic E-state index is 13.2. The number of benzene rings is 2. The van der Waals surface area contributed by atoms with Gasteiger partial charge < -0.3 is 14.8 Å². The zero-order chi connectivity index (χ0) is 22.2. The summed E-state index contributed by atoms with van der Waals surface area (Å²) in [5.74, 6) is 0.661. The molecule has 4 rings (SSSR count). The van der Waals surface area contributed by atoms with Gasteiger partial charge in [-0.1, -0.05) is 17.7 Å². The van der Waals surface area contributed by atoms with E-state index in [0.29, 0.717) is 28.8 Å². The Morgan fingerprint density at radius 2 is 1.90 bits per heavy atom. The molecule has 3 aromatic rings. The van der Waals surface area contributed by atoms with E-state index in [-0.39, 0.29) is 28.0 Å². The van der Waals surface area contributed by atoms with E-state index in [1.165, 1.54) is 35.6 Å². The molecular weight excluding hydrogens is 458 g/mol. The van der Waals surface area contributed by atoms with Gasteiger partial charge >= 0.3 is 0 Å². The van der Waals surface area contributed by atoms with Gasteiger partial charge in [-0.2, -0.15) is 0 Å². The molecule has 0 saturated carbocycles. The van der Waals surface area contributed by atoms with Gasteiger partial charge in [0.1, 0.15) is 4.90 Å². The van der Waals surface area contributed by atoms with Crippen LogP contribution in [0.3, 0.4) is 0 Å². The number of carbonyl (C=O) groups excluding carboxylic acids is 1. The molecule has 1 amide bonds. The smallest absolute Gasteiger partial charge is 0.225 e. The molecule has 1 atom stereocenters. The summed E-state index contributed by atoms with van der Waals surface area (Å²) in [4.78, 5) is 13.5. The number of carbonyl (C=O) groups is 1. The number of thiophene rings is 1. The zero-order valence-corrected chi connectivity index (χ0v) is 19.2. The van der Waals surface area contributed by atoms with E-state index in [1.54, 1.807) is 18.6 Å². The number of hydrogen-bond acceptors (Lipinski definition) is 6. The third-order valence-electron chi connectivity index (χ3n) is 5.06. The van der Waals surface area contributed by atoms with E-state index < -0.39 is 9.84 Å². The molecule has 0 spiro atoms. The molecule has 6 nitrogen and oxygen atoms in total. The normalized spacial score (nSPS) is 15.8. The van der Waals surface area contributed by atoms with Crippen LogP contribution in [-0.2, 0) is 14.6 Å². The molecule has 162 valence electrons. The third kappa shape index (κ3) is 4.03. The van der Waals surface area contributed by atoms with Crippen LogP contribution in [0, 0.1) is 0 Å². The molecular formula is C22H20ClNO5S2. The Morgan fingerprint density at radius 3 is 2.58 bits per heavy atom. The summed E-state index contributed by atoms with van der Waals surface area (Å²) in [5.41, 5.74) is 1.20. The second kappa shape index (κ2) is 8.53. The van der Waals surface area contributed by atoms with Gasteiger partial charge in [-0.25, -0.2) is 8.42 Å². The number of ether oxygens (including phenoxy) is 2. The first-order valence-corrected chi connectivity index (χ1v) is 12.3. The maximum Gasteiger partial charge on any atom is 0.225 e. The van der Waals surface area contributed by atoms with Crippen molar-refractivity contribution in [2.24, 2.45) is 0 Å². The summed E-state index contributed by atoms with van der Waals surface area (Å²) in [6.07, 6.45) is 0.214. The van der Waals surface area contributed by atoms with Gasteiger partial charge in [0.2, 0.25) is 15.7 Å². The number of halogens is 1. The lowest BCUT2D eigenvalue weighted by Gasteiger charge is -2.24. The van der Waals surface area contributed by atoms with Gasteiger partial charge in [0.05, 0.1) is 24.3 Å². The summed E-state index contributed by atoms with van der Waals surface area (Å²) >= 11 is 7.21. The highest BCUT2D eigenvalue weighted by Crippen LogP contribution is 2.47. The first kappa shape index (κ1) is 21.7. The highest BCUT2D eigenvalue weighted by Gasteiger charge is 2.34. The van der Waals surface area contributed by atoms with E-state index >= 15 is 0 Å². The van der Waals surface area contributed by atoms with Crippen molar-refractivity contribution >= 4 is 44.4 Å². The Kier molecular flexibility index (Phi) is 5.96. The number of rotatable bonds is 6. The number of nitrogens with one attached hydrogen (secondary N) is 1. The fourth-order valence-electron chi connectivity index (χ4n) is 3.59. The van der Waals surface area contributed by atoms with Crippen molar-refractivity contribution in [3.63, 3.8) is 0 Å².